The van der Waals surface area contributed by atoms with Crippen molar-refractivity contribution in [2.45, 2.75) is 32.7 Å². The van der Waals surface area contributed by atoms with Gasteiger partial charge in [-0.05, 0) is 30.5 Å². The maximum atomic E-state index is 12.1. The maximum Gasteiger partial charge on any atom is 0.225 e. The van der Waals surface area contributed by atoms with Gasteiger partial charge in [-0.15, -0.1) is 0 Å². The molecular weight excluding hydrogens is 326 g/mol. The number of carbonyl (C=O) groups excluding carboxylic acids is 1. The zero-order chi connectivity index (χ0) is 19.1. The molecule has 1 aromatic carbocycles. The molecule has 1 aromatic rings. The van der Waals surface area contributed by atoms with Crippen LogP contribution in [-0.4, -0.2) is 63.6 Å². The van der Waals surface area contributed by atoms with Gasteiger partial charge in [0.15, 0.2) is 5.96 Å². The summed E-state index contributed by atoms with van der Waals surface area (Å²) in [4.78, 5) is 20.4. The Balaban J connectivity index is 1.75. The topological polar surface area (TPSA) is 60.0 Å². The molecule has 0 saturated carbocycles. The van der Waals surface area contributed by atoms with Crippen LogP contribution in [0.15, 0.2) is 29.3 Å². The molecular formula is C20H33N5O. The van der Waals surface area contributed by atoms with E-state index in [1.807, 2.05) is 32.8 Å². The molecule has 2 rings (SSSR count). The van der Waals surface area contributed by atoms with Crippen LogP contribution in [0.3, 0.4) is 0 Å². The molecule has 0 spiro atoms. The van der Waals surface area contributed by atoms with Crippen molar-refractivity contribution >= 4 is 17.6 Å². The van der Waals surface area contributed by atoms with Crippen molar-refractivity contribution in [3.63, 3.8) is 0 Å². The lowest BCUT2D eigenvalue weighted by molar-refractivity contribution is -0.133. The largest absolute Gasteiger partial charge is 0.378 e. The van der Waals surface area contributed by atoms with E-state index in [0.717, 1.165) is 38.4 Å². The summed E-state index contributed by atoms with van der Waals surface area (Å²) >= 11 is 0. The second kappa shape index (κ2) is 9.46. The molecule has 26 heavy (non-hydrogen) atoms. The van der Waals surface area contributed by atoms with Gasteiger partial charge in [0, 0.05) is 58.4 Å². The van der Waals surface area contributed by atoms with Crippen LogP contribution in [0.1, 0.15) is 25.8 Å². The predicted octanol–water partition coefficient (Wildman–Crippen LogP) is 1.72. The number of hydrogen-bond donors (Lipinski definition) is 2. The summed E-state index contributed by atoms with van der Waals surface area (Å²) in [5, 5.41) is 6.81. The Bertz CT molecular complexity index is 609. The van der Waals surface area contributed by atoms with Crippen LogP contribution in [0, 0.1) is 5.92 Å². The molecule has 1 saturated heterocycles. The first kappa shape index (κ1) is 20.1. The Hall–Kier alpha value is -2.24. The van der Waals surface area contributed by atoms with E-state index in [-0.39, 0.29) is 17.9 Å². The normalized spacial score (nSPS) is 17.5. The lowest BCUT2D eigenvalue weighted by atomic mass is 10.1. The van der Waals surface area contributed by atoms with Crippen LogP contribution in [0.2, 0.25) is 0 Å². The molecule has 0 bridgehead atoms. The van der Waals surface area contributed by atoms with Gasteiger partial charge in [0.2, 0.25) is 5.91 Å². The summed E-state index contributed by atoms with van der Waals surface area (Å²) in [5.74, 6) is 1.10. The van der Waals surface area contributed by atoms with Gasteiger partial charge in [0.1, 0.15) is 0 Å². The fraction of sp³-hybridized carbons (Fsp3) is 0.600. The van der Waals surface area contributed by atoms with Crippen molar-refractivity contribution in [1.82, 2.24) is 15.5 Å². The number of guanidine groups is 1. The highest BCUT2D eigenvalue weighted by molar-refractivity contribution is 5.81. The van der Waals surface area contributed by atoms with Gasteiger partial charge in [-0.2, -0.15) is 0 Å². The molecule has 144 valence electrons. The van der Waals surface area contributed by atoms with Crippen LogP contribution in [-0.2, 0) is 11.2 Å². The molecule has 1 heterocycles. The van der Waals surface area contributed by atoms with Gasteiger partial charge in [0.25, 0.3) is 0 Å². The van der Waals surface area contributed by atoms with Crippen LogP contribution in [0.25, 0.3) is 0 Å². The number of nitrogens with zero attached hydrogens (tertiary/aromatic N) is 3. The summed E-state index contributed by atoms with van der Waals surface area (Å²) in [6, 6.07) is 8.88. The van der Waals surface area contributed by atoms with Gasteiger partial charge in [-0.3, -0.25) is 9.79 Å². The summed E-state index contributed by atoms with van der Waals surface area (Å²) in [6.45, 7) is 6.30. The number of benzene rings is 1. The van der Waals surface area contributed by atoms with Gasteiger partial charge >= 0.3 is 0 Å². The maximum absolute atomic E-state index is 12.1. The number of nitrogens with one attached hydrogen (secondary N) is 2. The standard InChI is InChI=1S/C20H33N5O/c1-15(2)19(26)25-13-11-17(14-25)23-20(21-3)22-12-10-16-6-8-18(9-7-16)24(4)5/h6-9,15,17H,10-14H2,1-5H3,(H2,21,22,23). The van der Waals surface area contributed by atoms with Crippen molar-refractivity contribution < 1.29 is 4.79 Å². The third kappa shape index (κ3) is 5.64. The van der Waals surface area contributed by atoms with E-state index in [4.69, 9.17) is 0 Å². The first-order valence-electron chi connectivity index (χ1n) is 9.43. The number of amides is 1. The van der Waals surface area contributed by atoms with Gasteiger partial charge < -0.3 is 20.4 Å². The van der Waals surface area contributed by atoms with Crippen molar-refractivity contribution in [2.24, 2.45) is 10.9 Å². The van der Waals surface area contributed by atoms with Crippen molar-refractivity contribution in [2.75, 3.05) is 45.7 Å². The Labute approximate surface area is 157 Å². The average molecular weight is 360 g/mol. The highest BCUT2D eigenvalue weighted by Crippen LogP contribution is 2.13. The molecule has 1 aliphatic heterocycles. The zero-order valence-corrected chi connectivity index (χ0v) is 16.7. The molecule has 0 radical (unpaired) electrons. The summed E-state index contributed by atoms with van der Waals surface area (Å²) in [6.07, 6.45) is 1.90. The van der Waals surface area contributed by atoms with Gasteiger partial charge in [-0.25, -0.2) is 0 Å². The number of carbonyl (C=O) groups is 1. The van der Waals surface area contributed by atoms with Gasteiger partial charge in [-0.1, -0.05) is 26.0 Å². The number of rotatable bonds is 6. The van der Waals surface area contributed by atoms with E-state index < -0.39 is 0 Å². The molecule has 0 aliphatic carbocycles. The second-order valence-electron chi connectivity index (χ2n) is 7.38. The second-order valence-corrected chi connectivity index (χ2v) is 7.38. The minimum Gasteiger partial charge on any atom is -0.378 e. The third-order valence-corrected chi connectivity index (χ3v) is 4.72. The molecule has 1 aliphatic rings. The van der Waals surface area contributed by atoms with E-state index in [9.17, 15) is 4.79 Å². The highest BCUT2D eigenvalue weighted by Gasteiger charge is 2.27. The monoisotopic (exact) mass is 359 g/mol. The molecule has 1 unspecified atom stereocenters. The predicted molar refractivity (Wildman–Crippen MR) is 109 cm³/mol. The SMILES string of the molecule is CN=C(NCCc1ccc(N(C)C)cc1)NC1CCN(C(=O)C(C)C)C1. The average Bonchev–Trinajstić information content (AvgIpc) is 3.08. The smallest absolute Gasteiger partial charge is 0.225 e. The number of hydrogen-bond acceptors (Lipinski definition) is 3. The van der Waals surface area contributed by atoms with Crippen molar-refractivity contribution in [3.8, 4) is 0 Å². The summed E-state index contributed by atoms with van der Waals surface area (Å²) in [5.41, 5.74) is 2.51. The fourth-order valence-corrected chi connectivity index (χ4v) is 3.12. The molecule has 2 N–H and O–H groups in total. The van der Waals surface area contributed by atoms with Crippen LogP contribution < -0.4 is 15.5 Å². The molecule has 1 fully saturated rings. The van der Waals surface area contributed by atoms with E-state index in [1.54, 1.807) is 7.05 Å². The highest BCUT2D eigenvalue weighted by atomic mass is 16.2. The quantitative estimate of drug-likeness (QED) is 0.600. The Morgan fingerprint density at radius 3 is 2.58 bits per heavy atom. The number of anilines is 1. The van der Waals surface area contributed by atoms with Crippen molar-refractivity contribution in [1.29, 1.82) is 0 Å². The third-order valence-electron chi connectivity index (χ3n) is 4.72. The van der Waals surface area contributed by atoms with Gasteiger partial charge in [0.05, 0.1) is 0 Å². The van der Waals surface area contributed by atoms with E-state index >= 15 is 0 Å². The van der Waals surface area contributed by atoms with Crippen molar-refractivity contribution in [3.05, 3.63) is 29.8 Å². The molecule has 6 nitrogen and oxygen atoms in total. The number of aliphatic imine (C=N–C) groups is 1. The Kier molecular flexibility index (Phi) is 7.30. The first-order valence-corrected chi connectivity index (χ1v) is 9.43. The van der Waals surface area contributed by atoms with Crippen LogP contribution in [0.5, 0.6) is 0 Å². The number of likely N-dealkylation sites (tertiary alicyclic amines) is 1. The fourth-order valence-electron chi connectivity index (χ4n) is 3.12. The molecule has 1 atom stereocenters. The molecule has 0 aromatic heterocycles. The lowest BCUT2D eigenvalue weighted by Gasteiger charge is -2.20. The Morgan fingerprint density at radius 2 is 2.00 bits per heavy atom. The minimum atomic E-state index is 0.0603. The zero-order valence-electron chi connectivity index (χ0n) is 16.7. The molecule has 6 heteroatoms. The first-order chi connectivity index (χ1) is 12.4. The minimum absolute atomic E-state index is 0.0603. The van der Waals surface area contributed by atoms with E-state index in [2.05, 4.69) is 44.8 Å². The van der Waals surface area contributed by atoms with Crippen LogP contribution in [0.4, 0.5) is 5.69 Å². The van der Waals surface area contributed by atoms with E-state index in [1.165, 1.54) is 11.3 Å². The van der Waals surface area contributed by atoms with E-state index in [0.29, 0.717) is 0 Å². The molecule has 1 amide bonds. The summed E-state index contributed by atoms with van der Waals surface area (Å²) in [7, 11) is 5.88. The van der Waals surface area contributed by atoms with Crippen LogP contribution >= 0.6 is 0 Å². The lowest BCUT2D eigenvalue weighted by Crippen LogP contribution is -2.45. The Morgan fingerprint density at radius 1 is 1.31 bits per heavy atom. The summed E-state index contributed by atoms with van der Waals surface area (Å²) < 4.78 is 0.